The van der Waals surface area contributed by atoms with Crippen LogP contribution in [0.25, 0.3) is 10.1 Å². The molecule has 0 radical (unpaired) electrons. The predicted molar refractivity (Wildman–Crippen MR) is 80.0 cm³/mol. The minimum Gasteiger partial charge on any atom is -0.142 e. The smallest absolute Gasteiger partial charge is 0.0633 e. The first-order chi connectivity index (χ1) is 8.00. The highest BCUT2D eigenvalue weighted by Crippen LogP contribution is 2.60. The van der Waals surface area contributed by atoms with E-state index in [4.69, 9.17) is 11.6 Å². The van der Waals surface area contributed by atoms with Crippen LogP contribution >= 0.6 is 38.9 Å². The third kappa shape index (κ3) is 1.94. The zero-order valence-corrected chi connectivity index (χ0v) is 13.0. The number of thiophene rings is 1. The van der Waals surface area contributed by atoms with E-state index in [0.717, 1.165) is 0 Å². The largest absolute Gasteiger partial charge is 0.142 e. The van der Waals surface area contributed by atoms with Crippen molar-refractivity contribution in [2.75, 3.05) is 0 Å². The first-order valence-corrected chi connectivity index (χ1v) is 7.91. The van der Waals surface area contributed by atoms with Crippen molar-refractivity contribution in [2.45, 2.75) is 25.6 Å². The molecule has 3 heteroatoms. The zero-order valence-electron chi connectivity index (χ0n) is 9.84. The molecular formula is C14H14BrClS. The molecule has 0 spiro atoms. The number of rotatable bonds is 2. The van der Waals surface area contributed by atoms with Crippen molar-refractivity contribution in [1.29, 1.82) is 0 Å². The van der Waals surface area contributed by atoms with Crippen molar-refractivity contribution in [3.63, 3.8) is 0 Å². The van der Waals surface area contributed by atoms with Crippen LogP contribution in [0.5, 0.6) is 0 Å². The number of halogens is 2. The van der Waals surface area contributed by atoms with Crippen LogP contribution < -0.4 is 0 Å². The SMILES string of the molecule is CC1(C)CC1C(Cl)c1csc2c(Br)cccc12. The van der Waals surface area contributed by atoms with Crippen LogP contribution in [0.1, 0.15) is 31.2 Å². The van der Waals surface area contributed by atoms with Gasteiger partial charge in [-0.15, -0.1) is 22.9 Å². The van der Waals surface area contributed by atoms with Gasteiger partial charge in [0, 0.05) is 9.17 Å². The standard InChI is InChI=1S/C14H14BrClS/c1-14(2)6-10(14)12(16)9-7-17-13-8(9)4-3-5-11(13)15/h3-5,7,10,12H,6H2,1-2H3. The average molecular weight is 330 g/mol. The number of hydrogen-bond acceptors (Lipinski definition) is 1. The van der Waals surface area contributed by atoms with Crippen LogP contribution in [0.4, 0.5) is 0 Å². The van der Waals surface area contributed by atoms with Gasteiger partial charge in [-0.3, -0.25) is 0 Å². The first kappa shape index (κ1) is 12.0. The Morgan fingerprint density at radius 1 is 1.47 bits per heavy atom. The second-order valence-electron chi connectivity index (χ2n) is 5.51. The number of fused-ring (bicyclic) bond motifs is 1. The third-order valence-electron chi connectivity index (χ3n) is 3.82. The van der Waals surface area contributed by atoms with Crippen molar-refractivity contribution in [3.05, 3.63) is 33.6 Å². The second kappa shape index (κ2) is 3.97. The molecule has 2 aromatic rings. The molecule has 1 aromatic heterocycles. The molecule has 0 N–H and O–H groups in total. The fourth-order valence-electron chi connectivity index (χ4n) is 2.48. The molecule has 2 unspecified atom stereocenters. The van der Waals surface area contributed by atoms with E-state index in [1.807, 2.05) is 0 Å². The van der Waals surface area contributed by atoms with Crippen molar-refractivity contribution >= 4 is 49.0 Å². The molecule has 0 amide bonds. The average Bonchev–Trinajstić information content (AvgIpc) is 2.74. The molecule has 0 saturated heterocycles. The summed E-state index contributed by atoms with van der Waals surface area (Å²) in [5.74, 6) is 0.626. The third-order valence-corrected chi connectivity index (χ3v) is 6.33. The fraction of sp³-hybridized carbons (Fsp3) is 0.429. The van der Waals surface area contributed by atoms with Gasteiger partial charge in [0.15, 0.2) is 0 Å². The van der Waals surface area contributed by atoms with Gasteiger partial charge >= 0.3 is 0 Å². The van der Waals surface area contributed by atoms with Gasteiger partial charge in [-0.2, -0.15) is 0 Å². The highest BCUT2D eigenvalue weighted by molar-refractivity contribution is 9.10. The number of benzene rings is 1. The minimum atomic E-state index is 0.160. The second-order valence-corrected chi connectivity index (χ2v) is 7.71. The minimum absolute atomic E-state index is 0.160. The molecule has 1 heterocycles. The van der Waals surface area contributed by atoms with Crippen LogP contribution in [0.2, 0.25) is 0 Å². The lowest BCUT2D eigenvalue weighted by Gasteiger charge is -2.10. The van der Waals surface area contributed by atoms with E-state index >= 15 is 0 Å². The van der Waals surface area contributed by atoms with E-state index < -0.39 is 0 Å². The fourth-order valence-corrected chi connectivity index (χ4v) is 4.82. The lowest BCUT2D eigenvalue weighted by Crippen LogP contribution is -1.98. The quantitative estimate of drug-likeness (QED) is 0.594. The molecule has 0 aliphatic heterocycles. The van der Waals surface area contributed by atoms with Gasteiger partial charge in [-0.1, -0.05) is 26.0 Å². The van der Waals surface area contributed by atoms with Gasteiger partial charge < -0.3 is 0 Å². The lowest BCUT2D eigenvalue weighted by atomic mass is 10.0. The van der Waals surface area contributed by atoms with Crippen LogP contribution in [0.15, 0.2) is 28.1 Å². The molecular weight excluding hydrogens is 316 g/mol. The number of alkyl halides is 1. The summed E-state index contributed by atoms with van der Waals surface area (Å²) in [5, 5.41) is 3.70. The van der Waals surface area contributed by atoms with E-state index in [-0.39, 0.29) is 5.38 Å². The highest BCUT2D eigenvalue weighted by Gasteiger charge is 2.50. The molecule has 0 nitrogen and oxygen atoms in total. The molecule has 17 heavy (non-hydrogen) atoms. The molecule has 1 aromatic carbocycles. The van der Waals surface area contributed by atoms with E-state index in [1.54, 1.807) is 11.3 Å². The zero-order chi connectivity index (χ0) is 12.2. The van der Waals surface area contributed by atoms with Gasteiger partial charge in [0.1, 0.15) is 0 Å². The van der Waals surface area contributed by atoms with E-state index in [1.165, 1.54) is 26.5 Å². The van der Waals surface area contributed by atoms with Crippen molar-refractivity contribution in [2.24, 2.45) is 11.3 Å². The lowest BCUT2D eigenvalue weighted by molar-refractivity contribution is 0.550. The van der Waals surface area contributed by atoms with Crippen molar-refractivity contribution < 1.29 is 0 Å². The Morgan fingerprint density at radius 3 is 2.82 bits per heavy atom. The van der Waals surface area contributed by atoms with E-state index in [9.17, 15) is 0 Å². The van der Waals surface area contributed by atoms with Crippen molar-refractivity contribution in [3.8, 4) is 0 Å². The molecule has 90 valence electrons. The molecule has 1 aliphatic carbocycles. The summed E-state index contributed by atoms with van der Waals surface area (Å²) in [4.78, 5) is 0. The highest BCUT2D eigenvalue weighted by atomic mass is 79.9. The van der Waals surface area contributed by atoms with Gasteiger partial charge in [0.25, 0.3) is 0 Å². The molecule has 1 fully saturated rings. The Balaban J connectivity index is 2.04. The summed E-state index contributed by atoms with van der Waals surface area (Å²) in [6.45, 7) is 4.61. The van der Waals surface area contributed by atoms with Crippen LogP contribution in [0.3, 0.4) is 0 Å². The topological polar surface area (TPSA) is 0 Å². The maximum absolute atomic E-state index is 6.65. The molecule has 0 bridgehead atoms. The Hall–Kier alpha value is -0.0500. The maximum Gasteiger partial charge on any atom is 0.0633 e. The summed E-state index contributed by atoms with van der Waals surface area (Å²) < 4.78 is 2.48. The monoisotopic (exact) mass is 328 g/mol. The van der Waals surface area contributed by atoms with Crippen LogP contribution in [0, 0.1) is 11.3 Å². The molecule has 2 atom stereocenters. The summed E-state index contributed by atoms with van der Waals surface area (Å²) in [6.07, 6.45) is 1.24. The Bertz CT molecular complexity index is 573. The van der Waals surface area contributed by atoms with Gasteiger partial charge in [0.05, 0.1) is 5.38 Å². The van der Waals surface area contributed by atoms with Gasteiger partial charge in [-0.05, 0) is 56.1 Å². The Labute approximate surface area is 119 Å². The maximum atomic E-state index is 6.65. The molecule has 1 saturated carbocycles. The summed E-state index contributed by atoms with van der Waals surface area (Å²) >= 11 is 12.0. The molecule has 1 aliphatic rings. The normalized spacial score (nSPS) is 23.9. The van der Waals surface area contributed by atoms with Crippen LogP contribution in [-0.4, -0.2) is 0 Å². The van der Waals surface area contributed by atoms with E-state index in [2.05, 4.69) is 53.4 Å². The summed E-state index contributed by atoms with van der Waals surface area (Å²) in [6, 6.07) is 6.36. The Morgan fingerprint density at radius 2 is 2.18 bits per heavy atom. The first-order valence-electron chi connectivity index (χ1n) is 5.80. The van der Waals surface area contributed by atoms with E-state index in [0.29, 0.717) is 11.3 Å². The molecule has 3 rings (SSSR count). The number of hydrogen-bond donors (Lipinski definition) is 0. The van der Waals surface area contributed by atoms with Gasteiger partial charge in [-0.25, -0.2) is 0 Å². The van der Waals surface area contributed by atoms with Crippen molar-refractivity contribution in [1.82, 2.24) is 0 Å². The predicted octanol–water partition coefficient (Wildman–Crippen LogP) is 5.99. The summed E-state index contributed by atoms with van der Waals surface area (Å²) in [7, 11) is 0. The summed E-state index contributed by atoms with van der Waals surface area (Å²) in [5.41, 5.74) is 1.73. The Kier molecular flexibility index (Phi) is 2.81. The van der Waals surface area contributed by atoms with Crippen LogP contribution in [-0.2, 0) is 0 Å². The van der Waals surface area contributed by atoms with Gasteiger partial charge in [0.2, 0.25) is 0 Å².